The highest BCUT2D eigenvalue weighted by molar-refractivity contribution is 5.76. The molecule has 1 heterocycles. The number of benzene rings is 2. The first-order valence-electron chi connectivity index (χ1n) is 11.1. The molecule has 0 aliphatic heterocycles. The van der Waals surface area contributed by atoms with E-state index >= 15 is 0 Å². The highest BCUT2D eigenvalue weighted by Gasteiger charge is 2.18. The SMILES string of the molecule is CN(Cc1cn(-c2ccccc2)nc1-c1ccccc1)C(=O)CCCNC(=O)OC(C)(C)C. The molecule has 0 unspecified atom stereocenters. The van der Waals surface area contributed by atoms with Crippen LogP contribution < -0.4 is 5.32 Å². The Kier molecular flexibility index (Phi) is 7.87. The molecule has 0 bridgehead atoms. The normalized spacial score (nSPS) is 11.2. The first kappa shape index (κ1) is 24.0. The summed E-state index contributed by atoms with van der Waals surface area (Å²) in [5, 5.41) is 7.49. The fraction of sp³-hybridized carbons (Fsp3) is 0.346. The average Bonchev–Trinajstić information content (AvgIpc) is 3.20. The van der Waals surface area contributed by atoms with Crippen LogP contribution in [0.4, 0.5) is 4.79 Å². The van der Waals surface area contributed by atoms with Crippen molar-refractivity contribution >= 4 is 12.0 Å². The van der Waals surface area contributed by atoms with Gasteiger partial charge < -0.3 is 15.0 Å². The van der Waals surface area contributed by atoms with E-state index in [1.165, 1.54) is 0 Å². The largest absolute Gasteiger partial charge is 0.444 e. The molecular formula is C26H32N4O3. The van der Waals surface area contributed by atoms with E-state index in [4.69, 9.17) is 9.84 Å². The molecule has 33 heavy (non-hydrogen) atoms. The standard InChI is InChI=1S/C26H32N4O3/c1-26(2,3)33-25(32)27-17-11-16-23(31)29(4)18-21-19-30(22-14-9-6-10-15-22)28-24(21)20-12-7-5-8-13-20/h5-10,12-15,19H,11,16-18H2,1-4H3,(H,27,32). The fourth-order valence-corrected chi connectivity index (χ4v) is 3.36. The molecule has 0 aliphatic rings. The van der Waals surface area contributed by atoms with E-state index in [1.807, 2.05) is 92.3 Å². The molecule has 3 aromatic rings. The number of hydrogen-bond donors (Lipinski definition) is 1. The zero-order valence-corrected chi connectivity index (χ0v) is 19.7. The molecule has 0 saturated heterocycles. The number of amides is 2. The quantitative estimate of drug-likeness (QED) is 0.502. The Balaban J connectivity index is 1.63. The number of hydrogen-bond acceptors (Lipinski definition) is 4. The van der Waals surface area contributed by atoms with Gasteiger partial charge in [0.15, 0.2) is 0 Å². The number of alkyl carbamates (subject to hydrolysis) is 1. The third kappa shape index (κ3) is 7.20. The summed E-state index contributed by atoms with van der Waals surface area (Å²) in [6, 6.07) is 19.9. The van der Waals surface area contributed by atoms with Crippen molar-refractivity contribution in [3.05, 3.63) is 72.4 Å². The van der Waals surface area contributed by atoms with E-state index < -0.39 is 11.7 Å². The summed E-state index contributed by atoms with van der Waals surface area (Å²) in [7, 11) is 1.79. The fourth-order valence-electron chi connectivity index (χ4n) is 3.36. The maximum Gasteiger partial charge on any atom is 0.407 e. The Morgan fingerprint density at radius 2 is 1.67 bits per heavy atom. The van der Waals surface area contributed by atoms with Gasteiger partial charge in [-0.1, -0.05) is 48.5 Å². The zero-order chi connectivity index (χ0) is 23.8. The molecule has 0 spiro atoms. The molecule has 0 atom stereocenters. The predicted octanol–water partition coefficient (Wildman–Crippen LogP) is 4.80. The third-order valence-corrected chi connectivity index (χ3v) is 4.93. The molecule has 7 nitrogen and oxygen atoms in total. The van der Waals surface area contributed by atoms with E-state index in [-0.39, 0.29) is 5.91 Å². The van der Waals surface area contributed by atoms with Gasteiger partial charge >= 0.3 is 6.09 Å². The zero-order valence-electron chi connectivity index (χ0n) is 19.7. The van der Waals surface area contributed by atoms with Gasteiger partial charge in [-0.05, 0) is 39.3 Å². The van der Waals surface area contributed by atoms with Crippen LogP contribution in [0.2, 0.25) is 0 Å². The van der Waals surface area contributed by atoms with Gasteiger partial charge in [-0.3, -0.25) is 4.79 Å². The smallest absolute Gasteiger partial charge is 0.407 e. The molecule has 2 aromatic carbocycles. The van der Waals surface area contributed by atoms with Crippen LogP contribution in [0.25, 0.3) is 16.9 Å². The second-order valence-electron chi connectivity index (χ2n) is 8.93. The van der Waals surface area contributed by atoms with Crippen LogP contribution in [0.3, 0.4) is 0 Å². The Hall–Kier alpha value is -3.61. The van der Waals surface area contributed by atoms with E-state index in [0.717, 1.165) is 22.5 Å². The van der Waals surface area contributed by atoms with Crippen LogP contribution in [0.1, 0.15) is 39.2 Å². The van der Waals surface area contributed by atoms with Crippen molar-refractivity contribution in [3.63, 3.8) is 0 Å². The molecular weight excluding hydrogens is 416 g/mol. The van der Waals surface area contributed by atoms with Gasteiger partial charge in [0.1, 0.15) is 5.60 Å². The van der Waals surface area contributed by atoms with Crippen LogP contribution in [-0.2, 0) is 16.1 Å². The van der Waals surface area contributed by atoms with Crippen LogP contribution in [0, 0.1) is 0 Å². The van der Waals surface area contributed by atoms with Gasteiger partial charge in [0, 0.05) is 43.9 Å². The molecule has 1 N–H and O–H groups in total. The van der Waals surface area contributed by atoms with Crippen LogP contribution in [-0.4, -0.2) is 45.9 Å². The number of nitrogens with zero attached hydrogens (tertiary/aromatic N) is 3. The summed E-state index contributed by atoms with van der Waals surface area (Å²) in [4.78, 5) is 26.1. The van der Waals surface area contributed by atoms with E-state index in [0.29, 0.717) is 25.9 Å². The van der Waals surface area contributed by atoms with Gasteiger partial charge in [-0.25, -0.2) is 9.48 Å². The molecule has 0 aliphatic carbocycles. The number of nitrogens with one attached hydrogen (secondary N) is 1. The lowest BCUT2D eigenvalue weighted by Crippen LogP contribution is -2.33. The van der Waals surface area contributed by atoms with E-state index in [1.54, 1.807) is 11.9 Å². The van der Waals surface area contributed by atoms with Gasteiger partial charge in [0.05, 0.1) is 11.4 Å². The number of aromatic nitrogens is 2. The van der Waals surface area contributed by atoms with E-state index in [9.17, 15) is 9.59 Å². The minimum atomic E-state index is -0.541. The highest BCUT2D eigenvalue weighted by Crippen LogP contribution is 2.25. The maximum atomic E-state index is 12.7. The van der Waals surface area contributed by atoms with Gasteiger partial charge in [-0.15, -0.1) is 0 Å². The topological polar surface area (TPSA) is 76.5 Å². The van der Waals surface area contributed by atoms with E-state index in [2.05, 4.69) is 5.32 Å². The average molecular weight is 449 g/mol. The summed E-state index contributed by atoms with van der Waals surface area (Å²) in [6.45, 7) is 6.27. The van der Waals surface area contributed by atoms with Crippen molar-refractivity contribution in [2.75, 3.05) is 13.6 Å². The number of carbonyl (C=O) groups is 2. The first-order chi connectivity index (χ1) is 15.7. The predicted molar refractivity (Wildman–Crippen MR) is 129 cm³/mol. The molecule has 2 amide bonds. The lowest BCUT2D eigenvalue weighted by molar-refractivity contribution is -0.130. The summed E-state index contributed by atoms with van der Waals surface area (Å²) < 4.78 is 7.06. The molecule has 3 rings (SSSR count). The minimum absolute atomic E-state index is 0.00691. The van der Waals surface area contributed by atoms with Crippen molar-refractivity contribution < 1.29 is 14.3 Å². The number of para-hydroxylation sites is 1. The molecule has 0 fully saturated rings. The molecule has 0 saturated carbocycles. The van der Waals surface area contributed by atoms with Crippen LogP contribution in [0.5, 0.6) is 0 Å². The van der Waals surface area contributed by atoms with Gasteiger partial charge in [0.25, 0.3) is 0 Å². The van der Waals surface area contributed by atoms with Crippen molar-refractivity contribution in [1.29, 1.82) is 0 Å². The molecule has 0 radical (unpaired) electrons. The lowest BCUT2D eigenvalue weighted by Gasteiger charge is -2.20. The Morgan fingerprint density at radius 3 is 2.30 bits per heavy atom. The van der Waals surface area contributed by atoms with Crippen LogP contribution in [0.15, 0.2) is 66.9 Å². The summed E-state index contributed by atoms with van der Waals surface area (Å²) in [5.41, 5.74) is 3.24. The molecule has 1 aromatic heterocycles. The third-order valence-electron chi connectivity index (χ3n) is 4.93. The Labute approximate surface area is 195 Å². The first-order valence-corrected chi connectivity index (χ1v) is 11.1. The summed E-state index contributed by atoms with van der Waals surface area (Å²) in [5.74, 6) is 0.00691. The van der Waals surface area contributed by atoms with Crippen molar-refractivity contribution in [1.82, 2.24) is 20.0 Å². The Bertz CT molecular complexity index is 1060. The van der Waals surface area contributed by atoms with Crippen molar-refractivity contribution in [2.24, 2.45) is 0 Å². The monoisotopic (exact) mass is 448 g/mol. The van der Waals surface area contributed by atoms with Gasteiger partial charge in [0.2, 0.25) is 5.91 Å². The summed E-state index contributed by atoms with van der Waals surface area (Å²) in [6.07, 6.45) is 2.38. The van der Waals surface area contributed by atoms with Gasteiger partial charge in [-0.2, -0.15) is 5.10 Å². The number of ether oxygens (including phenoxy) is 1. The molecule has 174 valence electrons. The van der Waals surface area contributed by atoms with Crippen molar-refractivity contribution in [2.45, 2.75) is 45.8 Å². The second kappa shape index (κ2) is 10.8. The Morgan fingerprint density at radius 1 is 1.03 bits per heavy atom. The molecule has 7 heteroatoms. The number of carbonyl (C=O) groups excluding carboxylic acids is 2. The summed E-state index contributed by atoms with van der Waals surface area (Å²) >= 11 is 0. The maximum absolute atomic E-state index is 12.7. The lowest BCUT2D eigenvalue weighted by atomic mass is 10.1. The van der Waals surface area contributed by atoms with Crippen LogP contribution >= 0.6 is 0 Å². The van der Waals surface area contributed by atoms with Crippen molar-refractivity contribution in [3.8, 4) is 16.9 Å². The minimum Gasteiger partial charge on any atom is -0.444 e. The second-order valence-corrected chi connectivity index (χ2v) is 8.93. The highest BCUT2D eigenvalue weighted by atomic mass is 16.6. The number of rotatable bonds is 8.